The van der Waals surface area contributed by atoms with E-state index in [9.17, 15) is 18.0 Å². The summed E-state index contributed by atoms with van der Waals surface area (Å²) in [6.07, 6.45) is -3.64. The van der Waals surface area contributed by atoms with E-state index in [1.54, 1.807) is 6.92 Å². The minimum absolute atomic E-state index is 0.00826. The molecular formula is C10H17F3N2O. The van der Waals surface area contributed by atoms with Crippen LogP contribution in [0.2, 0.25) is 0 Å². The van der Waals surface area contributed by atoms with Gasteiger partial charge in [0.15, 0.2) is 0 Å². The minimum atomic E-state index is -4.14. The molecule has 1 aliphatic heterocycles. The van der Waals surface area contributed by atoms with Crippen LogP contribution in [0.5, 0.6) is 0 Å². The van der Waals surface area contributed by atoms with Gasteiger partial charge in [-0.2, -0.15) is 13.2 Å². The highest BCUT2D eigenvalue weighted by molar-refractivity contribution is 5.81. The quantitative estimate of drug-likeness (QED) is 0.793. The van der Waals surface area contributed by atoms with Crippen molar-refractivity contribution in [3.63, 3.8) is 0 Å². The summed E-state index contributed by atoms with van der Waals surface area (Å²) in [7, 11) is 0. The molecule has 1 atom stereocenters. The molecule has 1 saturated heterocycles. The first-order chi connectivity index (χ1) is 7.36. The topological polar surface area (TPSA) is 46.3 Å². The van der Waals surface area contributed by atoms with E-state index in [1.807, 2.05) is 0 Å². The molecule has 0 aromatic carbocycles. The zero-order chi connectivity index (χ0) is 12.3. The Balaban J connectivity index is 2.46. The van der Waals surface area contributed by atoms with Crippen molar-refractivity contribution in [1.82, 2.24) is 4.90 Å². The first-order valence-electron chi connectivity index (χ1n) is 5.47. The molecule has 0 aromatic heterocycles. The Kier molecular flexibility index (Phi) is 4.18. The van der Waals surface area contributed by atoms with Gasteiger partial charge in [-0.25, -0.2) is 0 Å². The molecule has 2 N–H and O–H groups in total. The molecule has 1 aliphatic rings. The number of carbonyl (C=O) groups excluding carboxylic acids is 1. The van der Waals surface area contributed by atoms with E-state index in [0.29, 0.717) is 6.42 Å². The number of hydrogen-bond acceptors (Lipinski definition) is 2. The lowest BCUT2D eigenvalue weighted by Gasteiger charge is -2.34. The van der Waals surface area contributed by atoms with Crippen LogP contribution in [-0.4, -0.2) is 36.1 Å². The lowest BCUT2D eigenvalue weighted by molar-refractivity contribution is -0.186. The van der Waals surface area contributed by atoms with Gasteiger partial charge in [-0.3, -0.25) is 4.79 Å². The van der Waals surface area contributed by atoms with Crippen molar-refractivity contribution in [2.75, 3.05) is 13.1 Å². The molecule has 0 aromatic rings. The lowest BCUT2D eigenvalue weighted by Crippen LogP contribution is -2.48. The molecule has 0 unspecified atom stereocenters. The molecule has 94 valence electrons. The minimum Gasteiger partial charge on any atom is -0.341 e. The van der Waals surface area contributed by atoms with Crippen LogP contribution in [0.1, 0.15) is 26.2 Å². The molecule has 0 radical (unpaired) electrons. The third-order valence-corrected chi connectivity index (χ3v) is 3.03. The third-order valence-electron chi connectivity index (χ3n) is 3.03. The number of nitrogens with two attached hydrogens (primary N) is 1. The summed E-state index contributed by atoms with van der Waals surface area (Å²) >= 11 is 0. The van der Waals surface area contributed by atoms with Gasteiger partial charge < -0.3 is 10.6 Å². The highest BCUT2D eigenvalue weighted by Gasteiger charge is 2.41. The van der Waals surface area contributed by atoms with Gasteiger partial charge in [-0.05, 0) is 19.3 Å². The van der Waals surface area contributed by atoms with Gasteiger partial charge in [-0.15, -0.1) is 0 Å². The Hall–Kier alpha value is -0.780. The lowest BCUT2D eigenvalue weighted by atomic mass is 9.96. The Morgan fingerprint density at radius 3 is 2.31 bits per heavy atom. The molecule has 1 amide bonds. The number of likely N-dealkylation sites (tertiary alicyclic amines) is 1. The Bertz CT molecular complexity index is 247. The van der Waals surface area contributed by atoms with Crippen LogP contribution in [0.3, 0.4) is 0 Å². The number of alkyl halides is 3. The maximum Gasteiger partial charge on any atom is 0.391 e. The second-order valence-corrected chi connectivity index (χ2v) is 4.16. The normalized spacial score (nSPS) is 20.9. The molecular weight excluding hydrogens is 221 g/mol. The van der Waals surface area contributed by atoms with Crippen LogP contribution >= 0.6 is 0 Å². The van der Waals surface area contributed by atoms with Crippen molar-refractivity contribution < 1.29 is 18.0 Å². The summed E-state index contributed by atoms with van der Waals surface area (Å²) < 4.78 is 37.1. The molecule has 3 nitrogen and oxygen atoms in total. The van der Waals surface area contributed by atoms with Crippen LogP contribution in [-0.2, 0) is 4.79 Å². The van der Waals surface area contributed by atoms with Gasteiger partial charge in [0.2, 0.25) is 5.91 Å². The van der Waals surface area contributed by atoms with E-state index >= 15 is 0 Å². The zero-order valence-electron chi connectivity index (χ0n) is 9.26. The first kappa shape index (κ1) is 13.3. The van der Waals surface area contributed by atoms with Crippen molar-refractivity contribution in [2.24, 2.45) is 11.7 Å². The number of rotatable bonds is 2. The number of halogens is 3. The highest BCUT2D eigenvalue weighted by atomic mass is 19.4. The van der Waals surface area contributed by atoms with Crippen molar-refractivity contribution in [2.45, 2.75) is 38.4 Å². The summed E-state index contributed by atoms with van der Waals surface area (Å²) in [6.45, 7) is 2.11. The number of hydrogen-bond donors (Lipinski definition) is 1. The molecule has 1 fully saturated rings. The van der Waals surface area contributed by atoms with Crippen molar-refractivity contribution in [3.8, 4) is 0 Å². The number of amides is 1. The van der Waals surface area contributed by atoms with Gasteiger partial charge >= 0.3 is 6.18 Å². The number of piperidine rings is 1. The number of nitrogens with zero attached hydrogens (tertiary/aromatic N) is 1. The van der Waals surface area contributed by atoms with Crippen LogP contribution in [0.15, 0.2) is 0 Å². The molecule has 0 spiro atoms. The maximum atomic E-state index is 12.4. The summed E-state index contributed by atoms with van der Waals surface area (Å²) in [5, 5.41) is 0. The summed E-state index contributed by atoms with van der Waals surface area (Å²) in [5.74, 6) is -1.50. The zero-order valence-corrected chi connectivity index (χ0v) is 9.26. The molecule has 1 rings (SSSR count). The predicted octanol–water partition coefficient (Wildman–Crippen LogP) is 1.52. The summed E-state index contributed by atoms with van der Waals surface area (Å²) in [5.41, 5.74) is 5.55. The van der Waals surface area contributed by atoms with E-state index in [1.165, 1.54) is 4.90 Å². The van der Waals surface area contributed by atoms with Gasteiger partial charge in [0.25, 0.3) is 0 Å². The van der Waals surface area contributed by atoms with Crippen LogP contribution in [0.25, 0.3) is 0 Å². The maximum absolute atomic E-state index is 12.4. The smallest absolute Gasteiger partial charge is 0.341 e. The van der Waals surface area contributed by atoms with Crippen molar-refractivity contribution >= 4 is 5.91 Å². The second kappa shape index (κ2) is 5.03. The van der Waals surface area contributed by atoms with Crippen molar-refractivity contribution in [1.29, 1.82) is 0 Å². The molecule has 1 heterocycles. The first-order valence-corrected chi connectivity index (χ1v) is 5.47. The fourth-order valence-corrected chi connectivity index (χ4v) is 1.84. The fraction of sp³-hybridized carbons (Fsp3) is 0.900. The Labute approximate surface area is 92.8 Å². The standard InChI is InChI=1S/C10H17F3N2O/c1-2-8(14)9(16)15-5-3-7(4-6-15)10(11,12)13/h7-8H,2-6,14H2,1H3/t8-/m0/s1. The Morgan fingerprint density at radius 1 is 1.44 bits per heavy atom. The summed E-state index contributed by atoms with van der Waals surface area (Å²) in [6, 6.07) is -0.581. The average molecular weight is 238 g/mol. The Morgan fingerprint density at radius 2 is 1.94 bits per heavy atom. The molecule has 0 saturated carbocycles. The average Bonchev–Trinajstić information content (AvgIpc) is 2.26. The van der Waals surface area contributed by atoms with Gasteiger partial charge in [-0.1, -0.05) is 6.92 Å². The third kappa shape index (κ3) is 3.10. The predicted molar refractivity (Wildman–Crippen MR) is 53.6 cm³/mol. The molecule has 6 heteroatoms. The monoisotopic (exact) mass is 238 g/mol. The van der Waals surface area contributed by atoms with Crippen LogP contribution in [0.4, 0.5) is 13.2 Å². The van der Waals surface area contributed by atoms with Crippen LogP contribution < -0.4 is 5.73 Å². The second-order valence-electron chi connectivity index (χ2n) is 4.16. The van der Waals surface area contributed by atoms with Gasteiger partial charge in [0, 0.05) is 13.1 Å². The largest absolute Gasteiger partial charge is 0.391 e. The van der Waals surface area contributed by atoms with Crippen LogP contribution in [0, 0.1) is 5.92 Å². The molecule has 16 heavy (non-hydrogen) atoms. The van der Waals surface area contributed by atoms with Gasteiger partial charge in [0.05, 0.1) is 12.0 Å². The molecule has 0 bridgehead atoms. The van der Waals surface area contributed by atoms with E-state index < -0.39 is 18.1 Å². The fourth-order valence-electron chi connectivity index (χ4n) is 1.84. The van der Waals surface area contributed by atoms with E-state index in [4.69, 9.17) is 5.73 Å². The van der Waals surface area contributed by atoms with E-state index in [2.05, 4.69) is 0 Å². The van der Waals surface area contributed by atoms with Crippen molar-refractivity contribution in [3.05, 3.63) is 0 Å². The highest BCUT2D eigenvalue weighted by Crippen LogP contribution is 2.34. The SMILES string of the molecule is CC[C@H](N)C(=O)N1CCC(C(F)(F)F)CC1. The summed E-state index contributed by atoms with van der Waals surface area (Å²) in [4.78, 5) is 13.0. The number of carbonyl (C=O) groups is 1. The molecule has 0 aliphatic carbocycles. The van der Waals surface area contributed by atoms with E-state index in [-0.39, 0.29) is 31.8 Å². The van der Waals surface area contributed by atoms with E-state index in [0.717, 1.165) is 0 Å². The van der Waals surface area contributed by atoms with Gasteiger partial charge in [0.1, 0.15) is 0 Å².